The zero-order valence-corrected chi connectivity index (χ0v) is 6.35. The van der Waals surface area contributed by atoms with Crippen molar-refractivity contribution in [2.45, 2.75) is 0 Å². The minimum absolute atomic E-state index is 0.269. The van der Waals surface area contributed by atoms with Gasteiger partial charge in [0.25, 0.3) is 0 Å². The summed E-state index contributed by atoms with van der Waals surface area (Å²) in [6.07, 6.45) is 1.76. The van der Waals surface area contributed by atoms with E-state index in [2.05, 4.69) is 0 Å². The van der Waals surface area contributed by atoms with E-state index >= 15 is 0 Å². The van der Waals surface area contributed by atoms with Gasteiger partial charge in [0.15, 0.2) is 0 Å². The van der Waals surface area contributed by atoms with Gasteiger partial charge in [-0.1, -0.05) is 0 Å². The standard InChI is InChI=1S/C7H7NO5/c8-5(7(12)13)4(6(10)11)2-1-3-9/h1-3H,8H2,(H,10,11)(H,12,13)/p-2. The van der Waals surface area contributed by atoms with Crippen LogP contribution in [0.15, 0.2) is 23.4 Å². The van der Waals surface area contributed by atoms with Gasteiger partial charge in [0.05, 0.1) is 17.6 Å². The predicted molar refractivity (Wildman–Crippen MR) is 36.4 cm³/mol. The molecule has 0 aliphatic carbocycles. The number of hydrogen-bond acceptors (Lipinski definition) is 6. The van der Waals surface area contributed by atoms with Gasteiger partial charge in [-0.3, -0.25) is 4.79 Å². The predicted octanol–water partition coefficient (Wildman–Crippen LogP) is -3.55. The first-order chi connectivity index (χ1) is 6.00. The highest BCUT2D eigenvalue weighted by molar-refractivity contribution is 5.99. The van der Waals surface area contributed by atoms with E-state index in [-0.39, 0.29) is 6.29 Å². The second kappa shape index (κ2) is 4.70. The number of carbonyl (C=O) groups excluding carboxylic acids is 3. The number of hydrogen-bond donors (Lipinski definition) is 1. The summed E-state index contributed by atoms with van der Waals surface area (Å²) < 4.78 is 0. The van der Waals surface area contributed by atoms with Gasteiger partial charge < -0.3 is 25.5 Å². The van der Waals surface area contributed by atoms with Crippen molar-refractivity contribution in [2.75, 3.05) is 0 Å². The molecule has 0 saturated heterocycles. The average molecular weight is 183 g/mol. The summed E-state index contributed by atoms with van der Waals surface area (Å²) in [5.74, 6) is -3.63. The molecular formula is C7H5NO5-2. The van der Waals surface area contributed by atoms with Gasteiger partial charge in [0.1, 0.15) is 6.29 Å². The summed E-state index contributed by atoms with van der Waals surface area (Å²) in [7, 11) is 0. The summed E-state index contributed by atoms with van der Waals surface area (Å²) in [6.45, 7) is 0. The number of nitrogens with two attached hydrogens (primary N) is 1. The fourth-order valence-corrected chi connectivity index (χ4v) is 0.513. The van der Waals surface area contributed by atoms with E-state index in [1.54, 1.807) is 0 Å². The smallest absolute Gasteiger partial charge is 0.142 e. The number of carbonyl (C=O) groups is 3. The lowest BCUT2D eigenvalue weighted by Gasteiger charge is -2.09. The molecule has 0 aromatic heterocycles. The van der Waals surface area contributed by atoms with E-state index < -0.39 is 23.2 Å². The zero-order chi connectivity index (χ0) is 10.4. The Morgan fingerprint density at radius 3 is 2.00 bits per heavy atom. The highest BCUT2D eigenvalue weighted by Crippen LogP contribution is 1.98. The summed E-state index contributed by atoms with van der Waals surface area (Å²) in [5, 5.41) is 20.3. The number of carboxylic acids is 2. The van der Waals surface area contributed by atoms with Crippen LogP contribution in [0.5, 0.6) is 0 Å². The Labute approximate surface area is 73.0 Å². The molecule has 0 aromatic rings. The second-order valence-corrected chi connectivity index (χ2v) is 1.90. The molecule has 0 amide bonds. The normalized spacial score (nSPS) is 12.3. The van der Waals surface area contributed by atoms with Crippen molar-refractivity contribution >= 4 is 18.2 Å². The van der Waals surface area contributed by atoms with Crippen LogP contribution >= 0.6 is 0 Å². The first-order valence-corrected chi connectivity index (χ1v) is 3.05. The number of allylic oxidation sites excluding steroid dienone is 1. The molecule has 13 heavy (non-hydrogen) atoms. The molecule has 0 aromatic carbocycles. The van der Waals surface area contributed by atoms with Gasteiger partial charge in [-0.2, -0.15) is 0 Å². The van der Waals surface area contributed by atoms with Crippen LogP contribution in [-0.2, 0) is 14.4 Å². The van der Waals surface area contributed by atoms with Crippen molar-refractivity contribution in [3.63, 3.8) is 0 Å². The first-order valence-electron chi connectivity index (χ1n) is 3.05. The van der Waals surface area contributed by atoms with Gasteiger partial charge in [-0.15, -0.1) is 0 Å². The molecule has 0 fully saturated rings. The van der Waals surface area contributed by atoms with E-state index in [0.29, 0.717) is 6.08 Å². The summed E-state index contributed by atoms with van der Waals surface area (Å²) in [4.78, 5) is 30.1. The van der Waals surface area contributed by atoms with E-state index in [0.717, 1.165) is 6.08 Å². The van der Waals surface area contributed by atoms with Crippen LogP contribution < -0.4 is 15.9 Å². The van der Waals surface area contributed by atoms with Crippen molar-refractivity contribution < 1.29 is 24.6 Å². The van der Waals surface area contributed by atoms with E-state index in [4.69, 9.17) is 5.73 Å². The Morgan fingerprint density at radius 1 is 1.15 bits per heavy atom. The average Bonchev–Trinajstić information content (AvgIpc) is 2.04. The lowest BCUT2D eigenvalue weighted by Crippen LogP contribution is -2.34. The Balaban J connectivity index is 5.11. The Morgan fingerprint density at radius 2 is 1.69 bits per heavy atom. The van der Waals surface area contributed by atoms with Crippen molar-refractivity contribution in [1.29, 1.82) is 0 Å². The molecule has 0 radical (unpaired) electrons. The van der Waals surface area contributed by atoms with Crippen LogP contribution in [-0.4, -0.2) is 18.2 Å². The highest BCUT2D eigenvalue weighted by atomic mass is 16.4. The van der Waals surface area contributed by atoms with Crippen molar-refractivity contribution in [3.05, 3.63) is 23.4 Å². The summed E-state index contributed by atoms with van der Waals surface area (Å²) >= 11 is 0. The Kier molecular flexibility index (Phi) is 3.94. The van der Waals surface area contributed by atoms with E-state index in [1.165, 1.54) is 0 Å². The van der Waals surface area contributed by atoms with Crippen LogP contribution in [0.25, 0.3) is 0 Å². The molecule has 0 aliphatic rings. The maximum absolute atomic E-state index is 10.2. The molecule has 0 bridgehead atoms. The minimum Gasteiger partial charge on any atom is -0.545 e. The van der Waals surface area contributed by atoms with Gasteiger partial charge in [0, 0.05) is 5.57 Å². The third kappa shape index (κ3) is 3.19. The molecule has 0 atom stereocenters. The summed E-state index contributed by atoms with van der Waals surface area (Å²) in [6, 6.07) is 0. The van der Waals surface area contributed by atoms with Gasteiger partial charge in [-0.25, -0.2) is 0 Å². The monoisotopic (exact) mass is 183 g/mol. The largest absolute Gasteiger partial charge is 0.545 e. The molecule has 0 heterocycles. The molecular weight excluding hydrogens is 178 g/mol. The number of rotatable bonds is 4. The lowest BCUT2D eigenvalue weighted by molar-refractivity contribution is -0.303. The van der Waals surface area contributed by atoms with Crippen molar-refractivity contribution in [1.82, 2.24) is 0 Å². The molecule has 6 nitrogen and oxygen atoms in total. The number of carboxylic acid groups (broad SMARTS) is 2. The second-order valence-electron chi connectivity index (χ2n) is 1.90. The topological polar surface area (TPSA) is 123 Å². The molecule has 6 heteroatoms. The molecule has 70 valence electrons. The number of aliphatic carboxylic acids is 2. The van der Waals surface area contributed by atoms with Crippen LogP contribution in [0.4, 0.5) is 0 Å². The van der Waals surface area contributed by atoms with Crippen LogP contribution in [0.3, 0.4) is 0 Å². The first kappa shape index (κ1) is 10.9. The van der Waals surface area contributed by atoms with Crippen molar-refractivity contribution in [3.8, 4) is 0 Å². The Hall–Kier alpha value is -2.11. The maximum atomic E-state index is 10.2. The van der Waals surface area contributed by atoms with Crippen LogP contribution in [0.2, 0.25) is 0 Å². The quantitative estimate of drug-likeness (QED) is 0.273. The van der Waals surface area contributed by atoms with Crippen molar-refractivity contribution in [2.24, 2.45) is 5.73 Å². The molecule has 0 unspecified atom stereocenters. The lowest BCUT2D eigenvalue weighted by atomic mass is 10.2. The Bertz CT molecular complexity index is 302. The summed E-state index contributed by atoms with van der Waals surface area (Å²) in [5.41, 5.74) is 3.05. The third-order valence-corrected chi connectivity index (χ3v) is 1.07. The maximum Gasteiger partial charge on any atom is 0.142 e. The fourth-order valence-electron chi connectivity index (χ4n) is 0.513. The molecule has 0 rings (SSSR count). The van der Waals surface area contributed by atoms with E-state index in [1.807, 2.05) is 0 Å². The molecule has 2 N–H and O–H groups in total. The SMILES string of the molecule is NC(C(=O)[O-])=C(C=CC=O)C(=O)[O-]. The van der Waals surface area contributed by atoms with Crippen LogP contribution in [0, 0.1) is 0 Å². The van der Waals surface area contributed by atoms with Gasteiger partial charge in [-0.05, 0) is 12.2 Å². The number of aldehydes is 1. The molecule has 0 saturated carbocycles. The minimum atomic E-state index is -1.84. The van der Waals surface area contributed by atoms with Gasteiger partial charge >= 0.3 is 0 Å². The molecule has 0 aliphatic heterocycles. The van der Waals surface area contributed by atoms with Gasteiger partial charge in [0.2, 0.25) is 0 Å². The fraction of sp³-hybridized carbons (Fsp3) is 0. The zero-order valence-electron chi connectivity index (χ0n) is 6.35. The van der Waals surface area contributed by atoms with Crippen LogP contribution in [0.1, 0.15) is 0 Å². The molecule has 0 spiro atoms. The van der Waals surface area contributed by atoms with E-state index in [9.17, 15) is 24.6 Å². The third-order valence-electron chi connectivity index (χ3n) is 1.07. The highest BCUT2D eigenvalue weighted by Gasteiger charge is 2.01.